The maximum atomic E-state index is 11.9. The molecule has 3 nitrogen and oxygen atoms in total. The van der Waals surface area contributed by atoms with E-state index in [1.165, 1.54) is 0 Å². The second-order valence-corrected chi connectivity index (χ2v) is 6.66. The Morgan fingerprint density at radius 2 is 2.33 bits per heavy atom. The summed E-state index contributed by atoms with van der Waals surface area (Å²) in [7, 11) is 0. The fourth-order valence-electron chi connectivity index (χ4n) is 1.89. The quantitative estimate of drug-likeness (QED) is 0.833. The molecule has 0 aromatic carbocycles. The number of hydrogen-bond donors (Lipinski definition) is 1. The van der Waals surface area contributed by atoms with E-state index in [4.69, 9.17) is 5.73 Å². The fourth-order valence-corrected chi connectivity index (χ4v) is 3.21. The van der Waals surface area contributed by atoms with Crippen LogP contribution in [0.3, 0.4) is 0 Å². The van der Waals surface area contributed by atoms with E-state index in [0.717, 1.165) is 28.0 Å². The lowest BCUT2D eigenvalue weighted by atomic mass is 10.1. The SMILES string of the molecule is Cl.NC1CCCN(C(=O)/C=C/c2ccc(Br)s2)C1. The van der Waals surface area contributed by atoms with Crippen molar-refractivity contribution in [3.63, 3.8) is 0 Å². The van der Waals surface area contributed by atoms with Crippen molar-refractivity contribution in [2.45, 2.75) is 18.9 Å². The largest absolute Gasteiger partial charge is 0.338 e. The van der Waals surface area contributed by atoms with Crippen molar-refractivity contribution in [2.24, 2.45) is 5.73 Å². The van der Waals surface area contributed by atoms with Gasteiger partial charge in [-0.15, -0.1) is 23.7 Å². The van der Waals surface area contributed by atoms with Crippen LogP contribution < -0.4 is 5.73 Å². The Morgan fingerprint density at radius 3 is 2.94 bits per heavy atom. The van der Waals surface area contributed by atoms with E-state index in [2.05, 4.69) is 15.9 Å². The van der Waals surface area contributed by atoms with Crippen LogP contribution in [0.4, 0.5) is 0 Å². The van der Waals surface area contributed by atoms with Gasteiger partial charge in [-0.2, -0.15) is 0 Å². The Bertz CT molecular complexity index is 435. The summed E-state index contributed by atoms with van der Waals surface area (Å²) in [6, 6.07) is 4.10. The molecule has 1 aromatic heterocycles. The fraction of sp³-hybridized carbons (Fsp3) is 0.417. The van der Waals surface area contributed by atoms with Crippen LogP contribution in [-0.4, -0.2) is 29.9 Å². The highest BCUT2D eigenvalue weighted by Gasteiger charge is 2.19. The van der Waals surface area contributed by atoms with Crippen molar-refractivity contribution in [3.8, 4) is 0 Å². The van der Waals surface area contributed by atoms with Crippen LogP contribution in [0.1, 0.15) is 17.7 Å². The second-order valence-electron chi connectivity index (χ2n) is 4.16. The summed E-state index contributed by atoms with van der Waals surface area (Å²) in [4.78, 5) is 14.8. The van der Waals surface area contributed by atoms with Crippen LogP contribution in [0.2, 0.25) is 0 Å². The first kappa shape index (κ1) is 15.7. The third kappa shape index (κ3) is 4.39. The van der Waals surface area contributed by atoms with Crippen LogP contribution >= 0.6 is 39.7 Å². The Balaban J connectivity index is 0.00000162. The molecular formula is C12H16BrClN2OS. The van der Waals surface area contributed by atoms with Gasteiger partial charge in [0.1, 0.15) is 0 Å². The molecular weight excluding hydrogens is 336 g/mol. The van der Waals surface area contributed by atoms with Crippen LogP contribution in [-0.2, 0) is 4.79 Å². The molecule has 0 spiro atoms. The molecule has 1 aliphatic heterocycles. The van der Waals surface area contributed by atoms with Crippen molar-refractivity contribution in [1.82, 2.24) is 4.90 Å². The Morgan fingerprint density at radius 1 is 1.56 bits per heavy atom. The summed E-state index contributed by atoms with van der Waals surface area (Å²) in [5, 5.41) is 0. The average Bonchev–Trinajstić information content (AvgIpc) is 2.72. The molecule has 1 atom stereocenters. The molecule has 18 heavy (non-hydrogen) atoms. The lowest BCUT2D eigenvalue weighted by molar-refractivity contribution is -0.127. The Hall–Kier alpha value is -0.360. The van der Waals surface area contributed by atoms with E-state index in [1.54, 1.807) is 17.4 Å². The molecule has 1 aromatic rings. The molecule has 6 heteroatoms. The minimum Gasteiger partial charge on any atom is -0.338 e. The number of halogens is 2. The zero-order chi connectivity index (χ0) is 12.3. The Labute approximate surface area is 126 Å². The molecule has 2 N–H and O–H groups in total. The summed E-state index contributed by atoms with van der Waals surface area (Å²) < 4.78 is 1.07. The molecule has 100 valence electrons. The molecule has 1 saturated heterocycles. The van der Waals surface area contributed by atoms with Crippen molar-refractivity contribution in [2.75, 3.05) is 13.1 Å². The zero-order valence-corrected chi connectivity index (χ0v) is 13.1. The van der Waals surface area contributed by atoms with Gasteiger partial charge < -0.3 is 10.6 Å². The average molecular weight is 352 g/mol. The van der Waals surface area contributed by atoms with E-state index in [1.807, 2.05) is 23.1 Å². The van der Waals surface area contributed by atoms with Gasteiger partial charge in [0.15, 0.2) is 0 Å². The molecule has 0 bridgehead atoms. The van der Waals surface area contributed by atoms with Gasteiger partial charge in [-0.05, 0) is 47.0 Å². The molecule has 1 unspecified atom stereocenters. The predicted octanol–water partition coefficient (Wildman–Crippen LogP) is 2.90. The lowest BCUT2D eigenvalue weighted by Crippen LogP contribution is -2.45. The molecule has 1 aliphatic rings. The summed E-state index contributed by atoms with van der Waals surface area (Å²) in [6.45, 7) is 1.50. The van der Waals surface area contributed by atoms with E-state index >= 15 is 0 Å². The van der Waals surface area contributed by atoms with Gasteiger partial charge in [-0.25, -0.2) is 0 Å². The second kappa shape index (κ2) is 7.28. The maximum absolute atomic E-state index is 11.9. The molecule has 2 heterocycles. The van der Waals surface area contributed by atoms with Crippen LogP contribution in [0.5, 0.6) is 0 Å². The minimum absolute atomic E-state index is 0. The molecule has 0 saturated carbocycles. The number of thiophene rings is 1. The normalized spacial score (nSPS) is 19.9. The number of carbonyl (C=O) groups excluding carboxylic acids is 1. The van der Waals surface area contributed by atoms with Crippen LogP contribution in [0, 0.1) is 0 Å². The van der Waals surface area contributed by atoms with E-state index in [0.29, 0.717) is 6.54 Å². The van der Waals surface area contributed by atoms with Crippen LogP contribution in [0.25, 0.3) is 6.08 Å². The lowest BCUT2D eigenvalue weighted by Gasteiger charge is -2.29. The molecule has 2 rings (SSSR count). The number of rotatable bonds is 2. The first-order valence-corrected chi connectivity index (χ1v) is 7.24. The first-order chi connectivity index (χ1) is 8.15. The van der Waals surface area contributed by atoms with Gasteiger partial charge in [0.2, 0.25) is 5.91 Å². The molecule has 1 fully saturated rings. The Kier molecular flexibility index (Phi) is 6.35. The van der Waals surface area contributed by atoms with Gasteiger partial charge in [0.05, 0.1) is 3.79 Å². The number of nitrogens with zero attached hydrogens (tertiary/aromatic N) is 1. The number of amides is 1. The molecule has 0 radical (unpaired) electrons. The van der Waals surface area contributed by atoms with Gasteiger partial charge in [-0.1, -0.05) is 0 Å². The van der Waals surface area contributed by atoms with Gasteiger partial charge in [0.25, 0.3) is 0 Å². The van der Waals surface area contributed by atoms with Crippen molar-refractivity contribution >= 4 is 51.7 Å². The molecule has 0 aliphatic carbocycles. The van der Waals surface area contributed by atoms with Gasteiger partial charge in [-0.3, -0.25) is 4.79 Å². The summed E-state index contributed by atoms with van der Waals surface area (Å²) >= 11 is 5.01. The maximum Gasteiger partial charge on any atom is 0.246 e. The van der Waals surface area contributed by atoms with E-state index < -0.39 is 0 Å². The van der Waals surface area contributed by atoms with Crippen LogP contribution in [0.15, 0.2) is 22.0 Å². The van der Waals surface area contributed by atoms with Crippen molar-refractivity contribution in [1.29, 1.82) is 0 Å². The van der Waals surface area contributed by atoms with Gasteiger partial charge in [0, 0.05) is 30.1 Å². The third-order valence-electron chi connectivity index (χ3n) is 2.75. The highest BCUT2D eigenvalue weighted by molar-refractivity contribution is 9.11. The number of hydrogen-bond acceptors (Lipinski definition) is 3. The predicted molar refractivity (Wildman–Crippen MR) is 82.1 cm³/mol. The van der Waals surface area contributed by atoms with E-state index in [-0.39, 0.29) is 24.4 Å². The number of carbonyl (C=O) groups is 1. The highest BCUT2D eigenvalue weighted by atomic mass is 79.9. The number of nitrogens with two attached hydrogens (primary N) is 1. The topological polar surface area (TPSA) is 46.3 Å². The van der Waals surface area contributed by atoms with Gasteiger partial charge >= 0.3 is 0 Å². The summed E-state index contributed by atoms with van der Waals surface area (Å²) in [5.74, 6) is 0.0599. The zero-order valence-electron chi connectivity index (χ0n) is 9.84. The number of likely N-dealkylation sites (tertiary alicyclic amines) is 1. The smallest absolute Gasteiger partial charge is 0.246 e. The number of piperidine rings is 1. The first-order valence-electron chi connectivity index (χ1n) is 5.63. The highest BCUT2D eigenvalue weighted by Crippen LogP contribution is 2.23. The van der Waals surface area contributed by atoms with E-state index in [9.17, 15) is 4.79 Å². The molecule has 1 amide bonds. The monoisotopic (exact) mass is 350 g/mol. The standard InChI is InChI=1S/C12H15BrN2OS.ClH/c13-11-5-3-10(17-11)4-6-12(16)15-7-1-2-9(14)8-15;/h3-6,9H,1-2,7-8,14H2;1H/b6-4+;. The summed E-state index contributed by atoms with van der Waals surface area (Å²) in [5.41, 5.74) is 5.85. The minimum atomic E-state index is 0. The summed E-state index contributed by atoms with van der Waals surface area (Å²) in [6.07, 6.45) is 5.52. The van der Waals surface area contributed by atoms with Crippen molar-refractivity contribution < 1.29 is 4.79 Å². The third-order valence-corrected chi connectivity index (χ3v) is 4.34. The van der Waals surface area contributed by atoms with Crippen molar-refractivity contribution in [3.05, 3.63) is 26.9 Å².